The van der Waals surface area contributed by atoms with Gasteiger partial charge in [-0.05, 0) is 48.9 Å². The van der Waals surface area contributed by atoms with E-state index in [1.54, 1.807) is 0 Å². The molecule has 0 unspecified atom stereocenters. The van der Waals surface area contributed by atoms with Gasteiger partial charge < -0.3 is 4.90 Å². The second-order valence-electron chi connectivity index (χ2n) is 8.44. The van der Waals surface area contributed by atoms with E-state index in [1.807, 2.05) is 53.4 Å². The summed E-state index contributed by atoms with van der Waals surface area (Å²) in [5.41, 5.74) is 3.78. The molecule has 0 radical (unpaired) electrons. The summed E-state index contributed by atoms with van der Waals surface area (Å²) in [4.78, 5) is 27.0. The monoisotopic (exact) mass is 401 g/mol. The van der Waals surface area contributed by atoms with Crippen LogP contribution in [0.25, 0.3) is 0 Å². The number of benzene rings is 2. The van der Waals surface area contributed by atoms with Gasteiger partial charge >= 0.3 is 0 Å². The highest BCUT2D eigenvalue weighted by molar-refractivity contribution is 5.95. The van der Waals surface area contributed by atoms with Gasteiger partial charge in [-0.15, -0.1) is 0 Å². The number of carbonyl (C=O) groups is 2. The van der Waals surface area contributed by atoms with E-state index in [0.29, 0.717) is 37.5 Å². The Morgan fingerprint density at radius 2 is 1.50 bits per heavy atom. The first-order chi connectivity index (χ1) is 14.5. The minimum atomic E-state index is 0.0909. The zero-order chi connectivity index (χ0) is 21.3. The Balaban J connectivity index is 1.60. The van der Waals surface area contributed by atoms with Crippen molar-refractivity contribution in [2.75, 3.05) is 4.90 Å². The molecule has 1 heterocycles. The van der Waals surface area contributed by atoms with Crippen molar-refractivity contribution < 1.29 is 9.59 Å². The van der Waals surface area contributed by atoms with Crippen molar-refractivity contribution in [2.45, 2.75) is 65.3 Å². The van der Waals surface area contributed by atoms with E-state index in [1.165, 1.54) is 0 Å². The second kappa shape index (κ2) is 10.8. The number of anilines is 1. The molecule has 3 heteroatoms. The Labute approximate surface area is 180 Å². The number of amides is 1. The average molecular weight is 402 g/mol. The third-order valence-corrected chi connectivity index (χ3v) is 5.51. The van der Waals surface area contributed by atoms with Gasteiger partial charge in [0.1, 0.15) is 5.78 Å². The fourth-order valence-corrected chi connectivity index (χ4v) is 3.77. The fraction of sp³-hybridized carbons (Fsp3) is 0.407. The van der Waals surface area contributed by atoms with E-state index < -0.39 is 0 Å². The van der Waals surface area contributed by atoms with Gasteiger partial charge in [0.15, 0.2) is 0 Å². The van der Waals surface area contributed by atoms with Crippen molar-refractivity contribution in [2.24, 2.45) is 5.92 Å². The molecule has 0 aliphatic carbocycles. The molecule has 2 aromatic carbocycles. The zero-order valence-electron chi connectivity index (χ0n) is 18.1. The van der Waals surface area contributed by atoms with E-state index in [4.69, 9.17) is 0 Å². The van der Waals surface area contributed by atoms with Crippen LogP contribution in [0.1, 0.15) is 75.5 Å². The molecule has 1 aliphatic heterocycles. The van der Waals surface area contributed by atoms with Crippen LogP contribution < -0.4 is 4.90 Å². The van der Waals surface area contributed by atoms with Gasteiger partial charge in [0.25, 0.3) is 0 Å². The molecular formula is C27H31NO2. The van der Waals surface area contributed by atoms with Crippen LogP contribution in [-0.2, 0) is 16.1 Å². The van der Waals surface area contributed by atoms with E-state index >= 15 is 0 Å². The van der Waals surface area contributed by atoms with Gasteiger partial charge in [-0.1, -0.05) is 62.4 Å². The first kappa shape index (κ1) is 21.8. The van der Waals surface area contributed by atoms with Crippen LogP contribution in [0.3, 0.4) is 0 Å². The van der Waals surface area contributed by atoms with Gasteiger partial charge in [-0.2, -0.15) is 0 Å². The number of fused-ring (bicyclic) bond motifs is 2. The molecule has 0 fully saturated rings. The summed E-state index contributed by atoms with van der Waals surface area (Å²) < 4.78 is 0. The maximum Gasteiger partial charge on any atom is 0.227 e. The van der Waals surface area contributed by atoms with Crippen molar-refractivity contribution >= 4 is 17.4 Å². The molecule has 0 spiro atoms. The summed E-state index contributed by atoms with van der Waals surface area (Å²) in [6.45, 7) is 4.89. The highest BCUT2D eigenvalue weighted by Gasteiger charge is 2.20. The Hall–Kier alpha value is -2.86. The minimum absolute atomic E-state index is 0.0909. The Kier molecular flexibility index (Phi) is 7.85. The largest absolute Gasteiger partial charge is 0.307 e. The van der Waals surface area contributed by atoms with E-state index in [0.717, 1.165) is 48.1 Å². The van der Waals surface area contributed by atoms with Crippen LogP contribution in [0.5, 0.6) is 0 Å². The summed E-state index contributed by atoms with van der Waals surface area (Å²) in [5.74, 6) is 7.53. The van der Waals surface area contributed by atoms with Gasteiger partial charge in [-0.3, -0.25) is 9.59 Å². The highest BCUT2D eigenvalue weighted by Crippen LogP contribution is 2.26. The molecule has 0 saturated heterocycles. The van der Waals surface area contributed by atoms with Gasteiger partial charge in [-0.25, -0.2) is 0 Å². The Bertz CT molecular complexity index is 949. The minimum Gasteiger partial charge on any atom is -0.307 e. The molecule has 1 amide bonds. The third kappa shape index (κ3) is 6.07. The highest BCUT2D eigenvalue weighted by atomic mass is 16.2. The molecule has 0 N–H and O–H groups in total. The van der Waals surface area contributed by atoms with Crippen LogP contribution >= 0.6 is 0 Å². The molecular weight excluding hydrogens is 370 g/mol. The molecule has 0 atom stereocenters. The van der Waals surface area contributed by atoms with Crippen molar-refractivity contribution in [1.82, 2.24) is 0 Å². The molecule has 30 heavy (non-hydrogen) atoms. The first-order valence-corrected chi connectivity index (χ1v) is 11.1. The summed E-state index contributed by atoms with van der Waals surface area (Å²) >= 11 is 0. The molecule has 0 bridgehead atoms. The average Bonchev–Trinajstić information content (AvgIpc) is 2.72. The lowest BCUT2D eigenvalue weighted by atomic mass is 10.0. The van der Waals surface area contributed by atoms with Gasteiger partial charge in [0.2, 0.25) is 5.91 Å². The number of nitrogens with zero attached hydrogens (tertiary/aromatic N) is 1. The predicted molar refractivity (Wildman–Crippen MR) is 122 cm³/mol. The van der Waals surface area contributed by atoms with Crippen molar-refractivity contribution in [3.05, 3.63) is 65.2 Å². The third-order valence-electron chi connectivity index (χ3n) is 5.51. The molecule has 0 saturated carbocycles. The summed E-state index contributed by atoms with van der Waals surface area (Å²) in [5, 5.41) is 0. The van der Waals surface area contributed by atoms with Crippen LogP contribution in [0, 0.1) is 17.8 Å². The quantitative estimate of drug-likeness (QED) is 0.388. The van der Waals surface area contributed by atoms with Crippen LogP contribution in [-0.4, -0.2) is 11.7 Å². The normalized spacial score (nSPS) is 12.3. The van der Waals surface area contributed by atoms with Gasteiger partial charge in [0.05, 0.1) is 12.2 Å². The predicted octanol–water partition coefficient (Wildman–Crippen LogP) is 5.89. The fourth-order valence-electron chi connectivity index (χ4n) is 3.77. The molecule has 0 aromatic heterocycles. The zero-order valence-corrected chi connectivity index (χ0v) is 18.1. The van der Waals surface area contributed by atoms with Crippen molar-refractivity contribution in [3.8, 4) is 11.8 Å². The standard InChI is InChI=1S/C27H31NO2/c1-21(2)10-9-15-25(29)14-6-8-17-27(30)28-20-24-13-4-3-11-22(24)18-19-23-12-5-7-16-26(23)28/h3-5,7,11-13,16,21H,6,8-10,14-15,17,20H2,1-2H3. The number of hydrogen-bond acceptors (Lipinski definition) is 2. The molecule has 2 aromatic rings. The Morgan fingerprint density at radius 3 is 2.30 bits per heavy atom. The lowest BCUT2D eigenvalue weighted by Crippen LogP contribution is -2.31. The summed E-state index contributed by atoms with van der Waals surface area (Å²) in [6, 6.07) is 15.8. The maximum atomic E-state index is 13.1. The Morgan fingerprint density at radius 1 is 0.867 bits per heavy atom. The second-order valence-corrected chi connectivity index (χ2v) is 8.44. The number of ketones is 1. The molecule has 156 valence electrons. The van der Waals surface area contributed by atoms with Crippen molar-refractivity contribution in [3.63, 3.8) is 0 Å². The summed E-state index contributed by atoms with van der Waals surface area (Å²) in [6.07, 6.45) is 5.28. The molecule has 1 aliphatic rings. The topological polar surface area (TPSA) is 37.4 Å². The number of carbonyl (C=O) groups excluding carboxylic acids is 2. The molecule has 3 rings (SSSR count). The summed E-state index contributed by atoms with van der Waals surface area (Å²) in [7, 11) is 0. The SMILES string of the molecule is CC(C)CCCC(=O)CCCCC(=O)N1Cc2ccccc2C#Cc2ccccc21. The molecule has 3 nitrogen and oxygen atoms in total. The number of rotatable bonds is 9. The number of hydrogen-bond donors (Lipinski definition) is 0. The lowest BCUT2D eigenvalue weighted by molar-refractivity contribution is -0.120. The lowest BCUT2D eigenvalue weighted by Gasteiger charge is -2.26. The van der Waals surface area contributed by atoms with Crippen LogP contribution in [0.4, 0.5) is 5.69 Å². The smallest absolute Gasteiger partial charge is 0.227 e. The number of para-hydroxylation sites is 1. The van der Waals surface area contributed by atoms with Crippen LogP contribution in [0.2, 0.25) is 0 Å². The number of unbranched alkanes of at least 4 members (excludes halogenated alkanes) is 1. The van der Waals surface area contributed by atoms with E-state index in [9.17, 15) is 9.59 Å². The van der Waals surface area contributed by atoms with E-state index in [-0.39, 0.29) is 5.91 Å². The first-order valence-electron chi connectivity index (χ1n) is 11.1. The van der Waals surface area contributed by atoms with Crippen molar-refractivity contribution in [1.29, 1.82) is 0 Å². The maximum absolute atomic E-state index is 13.1. The van der Waals surface area contributed by atoms with E-state index in [2.05, 4.69) is 25.7 Å². The van der Waals surface area contributed by atoms with Crippen LogP contribution in [0.15, 0.2) is 48.5 Å². The van der Waals surface area contributed by atoms with Gasteiger partial charge in [0, 0.05) is 30.4 Å². The number of Topliss-reactive ketones (excluding diaryl/α,β-unsaturated/α-hetero) is 1.